The maximum absolute atomic E-state index is 13.5. The molecule has 1 N–H and O–H groups in total. The number of ether oxygens (including phenoxy) is 1. The number of aliphatic hydroxyl groups is 1. The van der Waals surface area contributed by atoms with Crippen molar-refractivity contribution < 1.29 is 24.3 Å². The molecule has 1 amide bonds. The summed E-state index contributed by atoms with van der Waals surface area (Å²) in [6, 6.07) is 16.9. The summed E-state index contributed by atoms with van der Waals surface area (Å²) in [7, 11) is 0. The summed E-state index contributed by atoms with van der Waals surface area (Å²) in [6.45, 7) is 3.33. The standard InChI is InChI=1S/C25H21N3O5/c1-25(2)22(29)21(19-13-16(14-26)10-11-20(19)32-25)28(23(30)18-9-6-12-27-15-18)33-24(31)17-7-4-3-5-8-17/h3-13,15,21-22,29H,1-2H3/t21-,22+/m0/s1. The van der Waals surface area contributed by atoms with Crippen molar-refractivity contribution in [3.05, 3.63) is 95.3 Å². The molecule has 3 aromatic rings. The van der Waals surface area contributed by atoms with Crippen molar-refractivity contribution >= 4 is 11.9 Å². The molecule has 1 aliphatic rings. The molecule has 2 heterocycles. The van der Waals surface area contributed by atoms with E-state index < -0.39 is 29.6 Å². The van der Waals surface area contributed by atoms with Gasteiger partial charge in [-0.15, -0.1) is 0 Å². The number of amides is 1. The van der Waals surface area contributed by atoms with Crippen molar-refractivity contribution in [1.82, 2.24) is 10.0 Å². The van der Waals surface area contributed by atoms with Crippen LogP contribution < -0.4 is 4.74 Å². The number of carbonyl (C=O) groups is 2. The van der Waals surface area contributed by atoms with Crippen LogP contribution in [0.4, 0.5) is 0 Å². The molecule has 0 aliphatic carbocycles. The minimum Gasteiger partial charge on any atom is -0.485 e. The van der Waals surface area contributed by atoms with Gasteiger partial charge >= 0.3 is 5.97 Å². The smallest absolute Gasteiger partial charge is 0.363 e. The minimum absolute atomic E-state index is 0.160. The van der Waals surface area contributed by atoms with Crippen molar-refractivity contribution in [2.24, 2.45) is 0 Å². The lowest BCUT2D eigenvalue weighted by Crippen LogP contribution is -2.55. The largest absolute Gasteiger partial charge is 0.485 e. The number of aliphatic hydroxyl groups excluding tert-OH is 1. The fourth-order valence-electron chi connectivity index (χ4n) is 3.65. The molecule has 166 valence electrons. The van der Waals surface area contributed by atoms with Gasteiger partial charge in [0.25, 0.3) is 5.91 Å². The zero-order valence-electron chi connectivity index (χ0n) is 18.0. The second-order valence-electron chi connectivity index (χ2n) is 8.08. The molecule has 8 heteroatoms. The topological polar surface area (TPSA) is 113 Å². The molecule has 0 saturated carbocycles. The Labute approximate surface area is 190 Å². The van der Waals surface area contributed by atoms with Crippen LogP contribution >= 0.6 is 0 Å². The Morgan fingerprint density at radius 1 is 1.12 bits per heavy atom. The average Bonchev–Trinajstić information content (AvgIpc) is 2.84. The first kappa shape index (κ1) is 22.0. The minimum atomic E-state index is -1.29. The van der Waals surface area contributed by atoms with Crippen LogP contribution in [0, 0.1) is 11.3 Å². The van der Waals surface area contributed by atoms with E-state index in [0.717, 1.165) is 5.06 Å². The zero-order chi connectivity index (χ0) is 23.6. The molecule has 0 radical (unpaired) electrons. The third-order valence-corrected chi connectivity index (χ3v) is 5.39. The molecule has 1 aromatic heterocycles. The molecule has 1 aliphatic heterocycles. The highest BCUT2D eigenvalue weighted by Gasteiger charge is 2.49. The SMILES string of the molecule is CC1(C)Oc2ccc(C#N)cc2[C@H](N(OC(=O)c2ccccc2)C(=O)c2cccnc2)[C@H]1O. The van der Waals surface area contributed by atoms with E-state index in [0.29, 0.717) is 16.9 Å². The number of pyridine rings is 1. The summed E-state index contributed by atoms with van der Waals surface area (Å²) in [4.78, 5) is 36.0. The van der Waals surface area contributed by atoms with Gasteiger partial charge in [0.1, 0.15) is 23.5 Å². The number of nitriles is 1. The van der Waals surface area contributed by atoms with Crippen LogP contribution in [0.1, 0.15) is 51.7 Å². The first-order valence-electron chi connectivity index (χ1n) is 10.2. The van der Waals surface area contributed by atoms with Gasteiger partial charge in [0.05, 0.1) is 22.8 Å². The van der Waals surface area contributed by atoms with Crippen molar-refractivity contribution in [3.63, 3.8) is 0 Å². The second kappa shape index (κ2) is 8.73. The van der Waals surface area contributed by atoms with Crippen LogP contribution in [0.25, 0.3) is 0 Å². The van der Waals surface area contributed by atoms with Gasteiger partial charge < -0.3 is 14.7 Å². The zero-order valence-corrected chi connectivity index (χ0v) is 18.0. The molecule has 0 fully saturated rings. The van der Waals surface area contributed by atoms with Crippen molar-refractivity contribution in [1.29, 1.82) is 5.26 Å². The van der Waals surface area contributed by atoms with E-state index in [1.165, 1.54) is 24.5 Å². The number of nitrogens with zero attached hydrogens (tertiary/aromatic N) is 3. The summed E-state index contributed by atoms with van der Waals surface area (Å²) in [5, 5.41) is 21.5. The Bertz CT molecular complexity index is 1220. The van der Waals surface area contributed by atoms with Crippen LogP contribution in [0.2, 0.25) is 0 Å². The van der Waals surface area contributed by atoms with Crippen LogP contribution in [0.3, 0.4) is 0 Å². The van der Waals surface area contributed by atoms with E-state index in [-0.39, 0.29) is 11.1 Å². The van der Waals surface area contributed by atoms with E-state index in [2.05, 4.69) is 4.98 Å². The number of fused-ring (bicyclic) bond motifs is 1. The summed E-state index contributed by atoms with van der Waals surface area (Å²) in [5.74, 6) is -1.08. The fourth-order valence-corrected chi connectivity index (χ4v) is 3.65. The molecule has 0 saturated heterocycles. The molecular weight excluding hydrogens is 422 g/mol. The normalized spacial score (nSPS) is 18.2. The van der Waals surface area contributed by atoms with Crippen molar-refractivity contribution in [3.8, 4) is 11.8 Å². The van der Waals surface area contributed by atoms with E-state index >= 15 is 0 Å². The van der Waals surface area contributed by atoms with Gasteiger partial charge in [0, 0.05) is 18.0 Å². The number of benzene rings is 2. The van der Waals surface area contributed by atoms with Gasteiger partial charge in [-0.3, -0.25) is 9.78 Å². The Morgan fingerprint density at radius 3 is 2.52 bits per heavy atom. The highest BCUT2D eigenvalue weighted by molar-refractivity contribution is 5.96. The molecule has 0 bridgehead atoms. The number of hydrogen-bond donors (Lipinski definition) is 1. The third kappa shape index (κ3) is 4.27. The lowest BCUT2D eigenvalue weighted by Gasteiger charge is -2.44. The maximum atomic E-state index is 13.5. The predicted octanol–water partition coefficient (Wildman–Crippen LogP) is 3.44. The number of carbonyl (C=O) groups excluding carboxylic acids is 2. The van der Waals surface area contributed by atoms with E-state index in [1.807, 2.05) is 6.07 Å². The lowest BCUT2D eigenvalue weighted by molar-refractivity contribution is -0.168. The molecular formula is C25H21N3O5. The fraction of sp³-hybridized carbons (Fsp3) is 0.200. The van der Waals surface area contributed by atoms with Gasteiger partial charge in [0.2, 0.25) is 0 Å². The summed E-state index contributed by atoms with van der Waals surface area (Å²) >= 11 is 0. The summed E-state index contributed by atoms with van der Waals surface area (Å²) in [6.07, 6.45) is 1.57. The molecule has 2 atom stereocenters. The summed E-state index contributed by atoms with van der Waals surface area (Å²) in [5.41, 5.74) is -0.0872. The first-order chi connectivity index (χ1) is 15.8. The monoisotopic (exact) mass is 443 g/mol. The highest BCUT2D eigenvalue weighted by atomic mass is 16.7. The van der Waals surface area contributed by atoms with Crippen molar-refractivity contribution in [2.45, 2.75) is 31.6 Å². The number of rotatable bonds is 3. The lowest BCUT2D eigenvalue weighted by atomic mass is 9.85. The van der Waals surface area contributed by atoms with Gasteiger partial charge in [0.15, 0.2) is 0 Å². The van der Waals surface area contributed by atoms with Gasteiger partial charge in [-0.25, -0.2) is 4.79 Å². The van der Waals surface area contributed by atoms with Crippen LogP contribution in [0.5, 0.6) is 5.75 Å². The van der Waals surface area contributed by atoms with Gasteiger partial charge in [-0.2, -0.15) is 10.3 Å². The number of aromatic nitrogens is 1. The Hall–Kier alpha value is -4.22. The van der Waals surface area contributed by atoms with E-state index in [4.69, 9.17) is 9.57 Å². The predicted molar refractivity (Wildman–Crippen MR) is 117 cm³/mol. The van der Waals surface area contributed by atoms with Gasteiger partial charge in [-0.1, -0.05) is 18.2 Å². The van der Waals surface area contributed by atoms with Crippen molar-refractivity contribution in [2.75, 3.05) is 0 Å². The number of hydroxylamine groups is 2. The summed E-state index contributed by atoms with van der Waals surface area (Å²) < 4.78 is 5.94. The maximum Gasteiger partial charge on any atom is 0.363 e. The highest BCUT2D eigenvalue weighted by Crippen LogP contribution is 2.44. The Morgan fingerprint density at radius 2 is 1.85 bits per heavy atom. The Balaban J connectivity index is 1.84. The molecule has 0 spiro atoms. The molecule has 33 heavy (non-hydrogen) atoms. The quantitative estimate of drug-likeness (QED) is 0.617. The number of hydrogen-bond acceptors (Lipinski definition) is 7. The van der Waals surface area contributed by atoms with E-state index in [9.17, 15) is 20.0 Å². The molecule has 4 rings (SSSR count). The molecule has 8 nitrogen and oxygen atoms in total. The first-order valence-corrected chi connectivity index (χ1v) is 10.2. The Kier molecular flexibility index (Phi) is 5.82. The third-order valence-electron chi connectivity index (χ3n) is 5.39. The van der Waals surface area contributed by atoms with Gasteiger partial charge in [-0.05, 0) is 56.3 Å². The second-order valence-corrected chi connectivity index (χ2v) is 8.08. The van der Waals surface area contributed by atoms with Crippen LogP contribution in [0.15, 0.2) is 73.1 Å². The molecule has 0 unspecified atom stereocenters. The van der Waals surface area contributed by atoms with Crippen LogP contribution in [-0.4, -0.2) is 38.7 Å². The van der Waals surface area contributed by atoms with E-state index in [1.54, 1.807) is 62.4 Å². The average molecular weight is 443 g/mol. The van der Waals surface area contributed by atoms with Crippen LogP contribution in [-0.2, 0) is 4.84 Å². The molecule has 2 aromatic carbocycles.